The predicted molar refractivity (Wildman–Crippen MR) is 153 cm³/mol. The van der Waals surface area contributed by atoms with Crippen LogP contribution in [0.3, 0.4) is 0 Å². The summed E-state index contributed by atoms with van der Waals surface area (Å²) >= 11 is 0. The molecule has 38 heavy (non-hydrogen) atoms. The number of nitrogens with zero attached hydrogens (tertiary/aromatic N) is 3. The fraction of sp³-hybridized carbons (Fsp3) is 0.562. The Morgan fingerprint density at radius 1 is 0.789 bits per heavy atom. The van der Waals surface area contributed by atoms with Crippen LogP contribution in [-0.4, -0.2) is 50.0 Å². The van der Waals surface area contributed by atoms with Gasteiger partial charge in [0.25, 0.3) is 5.91 Å². The Kier molecular flexibility index (Phi) is 8.87. The van der Waals surface area contributed by atoms with Crippen molar-refractivity contribution in [1.82, 2.24) is 4.90 Å². The minimum atomic E-state index is 0.00505. The third-order valence-electron chi connectivity index (χ3n) is 8.32. The topological polar surface area (TPSA) is 53.1 Å². The molecule has 0 spiro atoms. The monoisotopic (exact) mass is 517 g/mol. The van der Waals surface area contributed by atoms with E-state index in [0.717, 1.165) is 75.1 Å². The summed E-state index contributed by atoms with van der Waals surface area (Å²) in [5, 5.41) is 0. The number of carbonyl (C=O) groups excluding carboxylic acids is 2. The molecule has 5 rings (SSSR count). The van der Waals surface area contributed by atoms with Gasteiger partial charge in [0.1, 0.15) is 5.75 Å². The highest BCUT2D eigenvalue weighted by atomic mass is 16.5. The standard InChI is InChI=1S/C32H43N3O3/c1-38-30-18-17-27(33-19-10-6-11-20-33)23-28(30)32(37)34-21-9-4-2-3-5-12-22-35(31(36)25-15-16-25)29-14-8-7-13-26(29)24-34/h7-8,13-14,17-18,23,25H,2-6,9-12,15-16,19-22,24H2,1H3. The van der Waals surface area contributed by atoms with Crippen molar-refractivity contribution < 1.29 is 14.3 Å². The molecule has 0 radical (unpaired) electrons. The average Bonchev–Trinajstić information content (AvgIpc) is 3.81. The predicted octanol–water partition coefficient (Wildman–Crippen LogP) is 6.43. The number of methoxy groups -OCH3 is 1. The first-order valence-corrected chi connectivity index (χ1v) is 14.8. The number of ether oxygens (including phenoxy) is 1. The lowest BCUT2D eigenvalue weighted by Crippen LogP contribution is -2.36. The Labute approximate surface area is 227 Å². The van der Waals surface area contributed by atoms with E-state index in [1.54, 1.807) is 7.11 Å². The number of hydrogen-bond donors (Lipinski definition) is 0. The maximum atomic E-state index is 14.2. The quantitative estimate of drug-likeness (QED) is 0.469. The minimum Gasteiger partial charge on any atom is -0.496 e. The molecule has 0 aromatic heterocycles. The molecule has 2 heterocycles. The molecular weight excluding hydrogens is 474 g/mol. The van der Waals surface area contributed by atoms with Gasteiger partial charge in [0.2, 0.25) is 5.91 Å². The summed E-state index contributed by atoms with van der Waals surface area (Å²) in [5.41, 5.74) is 3.74. The lowest BCUT2D eigenvalue weighted by molar-refractivity contribution is -0.119. The number of fused-ring (bicyclic) bond motifs is 1. The molecule has 2 aromatic carbocycles. The summed E-state index contributed by atoms with van der Waals surface area (Å²) in [6, 6.07) is 14.2. The number of piperidine rings is 1. The summed E-state index contributed by atoms with van der Waals surface area (Å²) in [5.74, 6) is 1.04. The molecule has 204 valence electrons. The van der Waals surface area contributed by atoms with Crippen molar-refractivity contribution in [2.24, 2.45) is 5.92 Å². The fourth-order valence-electron chi connectivity index (χ4n) is 5.93. The van der Waals surface area contributed by atoms with Gasteiger partial charge in [-0.15, -0.1) is 0 Å². The molecule has 0 unspecified atom stereocenters. The zero-order valence-corrected chi connectivity index (χ0v) is 23.0. The number of anilines is 2. The van der Waals surface area contributed by atoms with Gasteiger partial charge in [-0.1, -0.05) is 43.9 Å². The molecule has 3 aliphatic rings. The third-order valence-corrected chi connectivity index (χ3v) is 8.32. The highest BCUT2D eigenvalue weighted by Gasteiger charge is 2.35. The van der Waals surface area contributed by atoms with E-state index in [-0.39, 0.29) is 17.7 Å². The number of hydrogen-bond acceptors (Lipinski definition) is 4. The minimum absolute atomic E-state index is 0.00505. The Morgan fingerprint density at radius 3 is 2.18 bits per heavy atom. The second-order valence-corrected chi connectivity index (χ2v) is 11.2. The van der Waals surface area contributed by atoms with E-state index in [4.69, 9.17) is 4.74 Å². The smallest absolute Gasteiger partial charge is 0.257 e. The van der Waals surface area contributed by atoms with Gasteiger partial charge in [0.05, 0.1) is 12.7 Å². The second kappa shape index (κ2) is 12.7. The van der Waals surface area contributed by atoms with Crippen LogP contribution < -0.4 is 14.5 Å². The molecule has 2 aromatic rings. The molecule has 6 nitrogen and oxygen atoms in total. The van der Waals surface area contributed by atoms with Crippen LogP contribution in [0.15, 0.2) is 42.5 Å². The van der Waals surface area contributed by atoms with E-state index in [9.17, 15) is 9.59 Å². The summed E-state index contributed by atoms with van der Waals surface area (Å²) in [6.45, 7) is 4.00. The lowest BCUT2D eigenvalue weighted by Gasteiger charge is -2.31. The molecule has 6 heteroatoms. The summed E-state index contributed by atoms with van der Waals surface area (Å²) < 4.78 is 5.69. The number of para-hydroxylation sites is 1. The van der Waals surface area contributed by atoms with Crippen molar-refractivity contribution in [2.45, 2.75) is 77.2 Å². The summed E-state index contributed by atoms with van der Waals surface area (Å²) in [4.78, 5) is 33.9. The molecule has 0 N–H and O–H groups in total. The maximum Gasteiger partial charge on any atom is 0.257 e. The lowest BCUT2D eigenvalue weighted by atomic mass is 10.1. The second-order valence-electron chi connectivity index (χ2n) is 11.2. The normalized spacial score (nSPS) is 19.6. The van der Waals surface area contributed by atoms with Crippen LogP contribution in [0.25, 0.3) is 0 Å². The van der Waals surface area contributed by atoms with E-state index in [1.807, 2.05) is 34.1 Å². The molecule has 2 fully saturated rings. The number of carbonyl (C=O) groups is 2. The van der Waals surface area contributed by atoms with Gasteiger partial charge < -0.3 is 19.4 Å². The van der Waals surface area contributed by atoms with E-state index in [1.165, 1.54) is 32.1 Å². The van der Waals surface area contributed by atoms with Crippen molar-refractivity contribution in [3.63, 3.8) is 0 Å². The number of rotatable bonds is 4. The highest BCUT2D eigenvalue weighted by Crippen LogP contribution is 2.35. The summed E-state index contributed by atoms with van der Waals surface area (Å²) in [7, 11) is 1.64. The first kappa shape index (κ1) is 26.6. The Hall–Kier alpha value is -3.02. The first-order valence-electron chi connectivity index (χ1n) is 14.8. The molecule has 0 bridgehead atoms. The van der Waals surface area contributed by atoms with E-state index < -0.39 is 0 Å². The molecule has 0 atom stereocenters. The third kappa shape index (κ3) is 6.33. The van der Waals surface area contributed by atoms with Crippen LogP contribution in [0, 0.1) is 5.92 Å². The number of amides is 2. The van der Waals surface area contributed by atoms with Gasteiger partial charge in [0, 0.05) is 50.0 Å². The number of benzene rings is 2. The van der Waals surface area contributed by atoms with Crippen LogP contribution in [-0.2, 0) is 11.3 Å². The molecule has 1 saturated carbocycles. The fourth-order valence-corrected chi connectivity index (χ4v) is 5.93. The molecule has 2 amide bonds. The van der Waals surface area contributed by atoms with E-state index in [2.05, 4.69) is 23.1 Å². The molecular formula is C32H43N3O3. The van der Waals surface area contributed by atoms with Gasteiger partial charge in [-0.05, 0) is 74.8 Å². The van der Waals surface area contributed by atoms with Gasteiger partial charge >= 0.3 is 0 Å². The Morgan fingerprint density at radius 2 is 1.45 bits per heavy atom. The van der Waals surface area contributed by atoms with Crippen molar-refractivity contribution in [1.29, 1.82) is 0 Å². The van der Waals surface area contributed by atoms with Crippen molar-refractivity contribution in [2.75, 3.05) is 43.1 Å². The largest absolute Gasteiger partial charge is 0.496 e. The van der Waals surface area contributed by atoms with Gasteiger partial charge in [-0.2, -0.15) is 0 Å². The van der Waals surface area contributed by atoms with Crippen LogP contribution in [0.5, 0.6) is 5.75 Å². The van der Waals surface area contributed by atoms with Crippen LogP contribution in [0.4, 0.5) is 11.4 Å². The van der Waals surface area contributed by atoms with Crippen LogP contribution >= 0.6 is 0 Å². The van der Waals surface area contributed by atoms with Crippen molar-refractivity contribution in [3.8, 4) is 5.75 Å². The molecule has 1 saturated heterocycles. The van der Waals surface area contributed by atoms with Crippen molar-refractivity contribution >= 4 is 23.2 Å². The van der Waals surface area contributed by atoms with Crippen LogP contribution in [0.1, 0.15) is 86.6 Å². The van der Waals surface area contributed by atoms with Crippen LogP contribution in [0.2, 0.25) is 0 Å². The molecule has 2 aliphatic heterocycles. The average molecular weight is 518 g/mol. The summed E-state index contributed by atoms with van der Waals surface area (Å²) in [6.07, 6.45) is 12.2. The van der Waals surface area contributed by atoms with Gasteiger partial charge in [-0.25, -0.2) is 0 Å². The van der Waals surface area contributed by atoms with Crippen molar-refractivity contribution in [3.05, 3.63) is 53.6 Å². The van der Waals surface area contributed by atoms with E-state index >= 15 is 0 Å². The van der Waals surface area contributed by atoms with Gasteiger partial charge in [-0.3, -0.25) is 9.59 Å². The zero-order chi connectivity index (χ0) is 26.3. The van der Waals surface area contributed by atoms with Gasteiger partial charge in [0.15, 0.2) is 0 Å². The zero-order valence-electron chi connectivity index (χ0n) is 23.0. The highest BCUT2D eigenvalue weighted by molar-refractivity contribution is 5.99. The maximum absolute atomic E-state index is 14.2. The first-order chi connectivity index (χ1) is 18.7. The van der Waals surface area contributed by atoms with E-state index in [0.29, 0.717) is 24.4 Å². The molecule has 1 aliphatic carbocycles. The Balaban J connectivity index is 1.46. The Bertz CT molecular complexity index is 1110. The SMILES string of the molecule is COc1ccc(N2CCCCC2)cc1C(=O)N1CCCCCCCCN(C(=O)C2CC2)c2ccccc2C1.